The van der Waals surface area contributed by atoms with Crippen LogP contribution in [0.2, 0.25) is 0 Å². The quantitative estimate of drug-likeness (QED) is 0.515. The van der Waals surface area contributed by atoms with Gasteiger partial charge in [0.05, 0.1) is 11.4 Å². The molecule has 0 unspecified atom stereocenters. The van der Waals surface area contributed by atoms with Gasteiger partial charge in [-0.2, -0.15) is 0 Å². The molecular weight excluding hydrogens is 327 g/mol. The second-order valence-electron chi connectivity index (χ2n) is 6.59. The van der Waals surface area contributed by atoms with Crippen molar-refractivity contribution in [3.63, 3.8) is 0 Å². The maximum Gasteiger partial charge on any atom is 0.350 e. The zero-order chi connectivity index (χ0) is 18.0. The molecule has 3 rings (SSSR count). The number of piperidine rings is 1. The first kappa shape index (κ1) is 17.3. The maximum absolute atomic E-state index is 13.7. The number of ether oxygens (including phenoxy) is 2. The van der Waals surface area contributed by atoms with Crippen LogP contribution in [0.15, 0.2) is 30.0 Å². The number of carbonyl (C=O) groups excluding carboxylic acids is 2. The number of nitrogens with zero attached hydrogens (tertiary/aromatic N) is 1. The number of nitrogens with one attached hydrogen (secondary N) is 1. The molecule has 2 fully saturated rings. The topological polar surface area (TPSA) is 67.9 Å². The van der Waals surface area contributed by atoms with Crippen LogP contribution in [0.25, 0.3) is 0 Å². The van der Waals surface area contributed by atoms with Crippen molar-refractivity contribution in [1.82, 2.24) is 0 Å². The van der Waals surface area contributed by atoms with E-state index in [4.69, 9.17) is 9.47 Å². The number of halogens is 1. The Morgan fingerprint density at radius 2 is 1.76 bits per heavy atom. The maximum atomic E-state index is 13.7. The molecule has 0 aliphatic carbocycles. The Hall–Kier alpha value is -2.57. The van der Waals surface area contributed by atoms with Crippen molar-refractivity contribution in [1.29, 1.82) is 0 Å². The van der Waals surface area contributed by atoms with Crippen molar-refractivity contribution in [3.05, 3.63) is 35.8 Å². The van der Waals surface area contributed by atoms with Crippen LogP contribution >= 0.6 is 0 Å². The summed E-state index contributed by atoms with van der Waals surface area (Å²) in [4.78, 5) is 26.1. The van der Waals surface area contributed by atoms with E-state index in [1.165, 1.54) is 38.6 Å². The molecule has 0 saturated carbocycles. The molecule has 7 heteroatoms. The summed E-state index contributed by atoms with van der Waals surface area (Å²) in [5.74, 6) is -3.24. The number of benzene rings is 1. The molecule has 0 atom stereocenters. The molecule has 2 aliphatic rings. The Bertz CT molecular complexity index is 702. The van der Waals surface area contributed by atoms with Crippen molar-refractivity contribution in [2.45, 2.75) is 38.9 Å². The molecule has 1 aromatic rings. The molecule has 134 valence electrons. The highest BCUT2D eigenvalue weighted by atomic mass is 19.1. The van der Waals surface area contributed by atoms with Gasteiger partial charge < -0.3 is 19.7 Å². The summed E-state index contributed by atoms with van der Waals surface area (Å²) in [7, 11) is 0. The third kappa shape index (κ3) is 3.92. The fraction of sp³-hybridized carbons (Fsp3) is 0.444. The number of esters is 2. The minimum atomic E-state index is -1.29. The van der Waals surface area contributed by atoms with Crippen molar-refractivity contribution in [2.24, 2.45) is 0 Å². The minimum Gasteiger partial charge on any atom is -0.419 e. The van der Waals surface area contributed by atoms with Gasteiger partial charge in [-0.05, 0) is 37.5 Å². The van der Waals surface area contributed by atoms with Gasteiger partial charge in [0.2, 0.25) is 0 Å². The average Bonchev–Trinajstić information content (AvgIpc) is 2.54. The first-order valence-electron chi connectivity index (χ1n) is 8.34. The fourth-order valence-electron chi connectivity index (χ4n) is 2.96. The number of cyclic esters (lactones) is 2. The molecule has 0 spiro atoms. The highest BCUT2D eigenvalue weighted by Crippen LogP contribution is 2.30. The number of anilines is 2. The van der Waals surface area contributed by atoms with Crippen LogP contribution in [-0.4, -0.2) is 30.8 Å². The largest absolute Gasteiger partial charge is 0.419 e. The fourth-order valence-corrected chi connectivity index (χ4v) is 2.96. The monoisotopic (exact) mass is 348 g/mol. The number of hydrogen-bond acceptors (Lipinski definition) is 6. The van der Waals surface area contributed by atoms with Gasteiger partial charge in [-0.1, -0.05) is 0 Å². The standard InChI is InChI=1S/C18H21FN2O4/c1-18(2)24-16(22)13(17(23)25-18)11-20-14-10-12(19)6-7-15(14)21-8-4-3-5-9-21/h6-7,10-11,20H,3-5,8-9H2,1-2H3. The van der Waals surface area contributed by atoms with E-state index in [2.05, 4.69) is 10.2 Å². The third-order valence-corrected chi connectivity index (χ3v) is 4.14. The highest BCUT2D eigenvalue weighted by molar-refractivity contribution is 6.15. The number of rotatable bonds is 3. The second-order valence-corrected chi connectivity index (χ2v) is 6.59. The van der Waals surface area contributed by atoms with Crippen LogP contribution in [-0.2, 0) is 19.1 Å². The van der Waals surface area contributed by atoms with Crippen molar-refractivity contribution in [3.8, 4) is 0 Å². The molecular formula is C18H21FN2O4. The van der Waals surface area contributed by atoms with Gasteiger partial charge in [0.15, 0.2) is 5.57 Å². The minimum absolute atomic E-state index is 0.256. The molecule has 0 aromatic heterocycles. The number of hydrogen-bond donors (Lipinski definition) is 1. The van der Waals surface area contributed by atoms with Crippen LogP contribution in [0.5, 0.6) is 0 Å². The van der Waals surface area contributed by atoms with Crippen LogP contribution in [0.4, 0.5) is 15.8 Å². The Morgan fingerprint density at radius 3 is 2.40 bits per heavy atom. The van der Waals surface area contributed by atoms with Gasteiger partial charge in [0.25, 0.3) is 5.79 Å². The van der Waals surface area contributed by atoms with Crippen molar-refractivity contribution in [2.75, 3.05) is 23.3 Å². The van der Waals surface area contributed by atoms with E-state index >= 15 is 0 Å². The lowest BCUT2D eigenvalue weighted by Gasteiger charge is -2.31. The molecule has 2 heterocycles. The SMILES string of the molecule is CC1(C)OC(=O)C(=CNc2cc(F)ccc2N2CCCCC2)C(=O)O1. The van der Waals surface area contributed by atoms with Gasteiger partial charge in [0, 0.05) is 33.1 Å². The van der Waals surface area contributed by atoms with E-state index in [0.717, 1.165) is 31.6 Å². The molecule has 0 radical (unpaired) electrons. The van der Waals surface area contributed by atoms with E-state index in [0.29, 0.717) is 5.69 Å². The van der Waals surface area contributed by atoms with Gasteiger partial charge >= 0.3 is 11.9 Å². The summed E-state index contributed by atoms with van der Waals surface area (Å²) in [6.07, 6.45) is 4.54. The molecule has 25 heavy (non-hydrogen) atoms. The normalized spacial score (nSPS) is 20.0. The Morgan fingerprint density at radius 1 is 1.12 bits per heavy atom. The van der Waals surface area contributed by atoms with Crippen molar-refractivity contribution >= 4 is 23.3 Å². The van der Waals surface area contributed by atoms with Crippen LogP contribution in [0.3, 0.4) is 0 Å². The zero-order valence-corrected chi connectivity index (χ0v) is 14.3. The van der Waals surface area contributed by atoms with Crippen LogP contribution in [0.1, 0.15) is 33.1 Å². The molecule has 2 saturated heterocycles. The van der Waals surface area contributed by atoms with Crippen molar-refractivity contribution < 1.29 is 23.5 Å². The Kier molecular flexibility index (Phi) is 4.65. The summed E-state index contributed by atoms with van der Waals surface area (Å²) in [6, 6.07) is 4.43. The first-order chi connectivity index (χ1) is 11.9. The second kappa shape index (κ2) is 6.74. The average molecular weight is 348 g/mol. The van der Waals surface area contributed by atoms with E-state index in [1.54, 1.807) is 6.07 Å². The lowest BCUT2D eigenvalue weighted by molar-refractivity contribution is -0.222. The predicted octanol–water partition coefficient (Wildman–Crippen LogP) is 2.95. The zero-order valence-electron chi connectivity index (χ0n) is 14.3. The van der Waals surface area contributed by atoms with Crippen LogP contribution in [0, 0.1) is 5.82 Å². The Balaban J connectivity index is 1.84. The van der Waals surface area contributed by atoms with Crippen LogP contribution < -0.4 is 10.2 Å². The third-order valence-electron chi connectivity index (χ3n) is 4.14. The molecule has 6 nitrogen and oxygen atoms in total. The summed E-state index contributed by atoms with van der Waals surface area (Å²) in [6.45, 7) is 4.73. The predicted molar refractivity (Wildman–Crippen MR) is 90.4 cm³/mol. The Labute approximate surface area is 145 Å². The molecule has 0 amide bonds. The van der Waals surface area contributed by atoms with E-state index in [9.17, 15) is 14.0 Å². The van der Waals surface area contributed by atoms with Gasteiger partial charge in [-0.15, -0.1) is 0 Å². The summed E-state index contributed by atoms with van der Waals surface area (Å²) < 4.78 is 23.8. The lowest BCUT2D eigenvalue weighted by Crippen LogP contribution is -2.42. The summed E-state index contributed by atoms with van der Waals surface area (Å²) in [5, 5.41) is 2.86. The number of carbonyl (C=O) groups is 2. The smallest absolute Gasteiger partial charge is 0.350 e. The highest BCUT2D eigenvalue weighted by Gasteiger charge is 2.39. The van der Waals surface area contributed by atoms with E-state index in [-0.39, 0.29) is 5.57 Å². The molecule has 2 aliphatic heterocycles. The van der Waals surface area contributed by atoms with Gasteiger partial charge in [-0.3, -0.25) is 0 Å². The van der Waals surface area contributed by atoms with E-state index < -0.39 is 23.5 Å². The van der Waals surface area contributed by atoms with E-state index in [1.807, 2.05) is 0 Å². The summed E-state index contributed by atoms with van der Waals surface area (Å²) >= 11 is 0. The first-order valence-corrected chi connectivity index (χ1v) is 8.34. The lowest BCUT2D eigenvalue weighted by atomic mass is 10.1. The molecule has 1 N–H and O–H groups in total. The molecule has 1 aromatic carbocycles. The van der Waals surface area contributed by atoms with Gasteiger partial charge in [0.1, 0.15) is 5.82 Å². The molecule has 0 bridgehead atoms. The van der Waals surface area contributed by atoms with Gasteiger partial charge in [-0.25, -0.2) is 14.0 Å². The summed E-state index contributed by atoms with van der Waals surface area (Å²) in [5.41, 5.74) is 1.06.